The normalized spacial score (nSPS) is 25.6. The van der Waals surface area contributed by atoms with Crippen LogP contribution in [0.4, 0.5) is 0 Å². The summed E-state index contributed by atoms with van der Waals surface area (Å²) in [4.78, 5) is 4.14. The number of rotatable bonds is 5. The molecule has 0 spiro atoms. The van der Waals surface area contributed by atoms with Gasteiger partial charge >= 0.3 is 0 Å². The van der Waals surface area contributed by atoms with Crippen molar-refractivity contribution in [1.82, 2.24) is 14.9 Å². The summed E-state index contributed by atoms with van der Waals surface area (Å²) in [6, 6.07) is 1.01. The Bertz CT molecular complexity index is 383. The number of hydrogen-bond donors (Lipinski definition) is 1. The van der Waals surface area contributed by atoms with Gasteiger partial charge in [0.25, 0.3) is 0 Å². The second kappa shape index (κ2) is 6.72. The second-order valence-corrected chi connectivity index (χ2v) is 6.97. The Kier molecular flexibility index (Phi) is 5.22. The molecule has 1 aromatic heterocycles. The van der Waals surface area contributed by atoms with Crippen LogP contribution in [0.5, 0.6) is 0 Å². The third-order valence-electron chi connectivity index (χ3n) is 4.26. The number of nitrogens with zero attached hydrogens (tertiary/aromatic N) is 2. The summed E-state index contributed by atoms with van der Waals surface area (Å²) in [5, 5.41) is 3.87. The Morgan fingerprint density at radius 1 is 1.45 bits per heavy atom. The monoisotopic (exact) mass is 279 g/mol. The van der Waals surface area contributed by atoms with E-state index in [9.17, 15) is 0 Å². The van der Waals surface area contributed by atoms with Crippen LogP contribution in [0.1, 0.15) is 47.0 Å². The molecular formula is C16H29N3O. The molecule has 0 bridgehead atoms. The fraction of sp³-hybridized carbons (Fsp3) is 0.812. The lowest BCUT2D eigenvalue weighted by Gasteiger charge is -2.38. The maximum Gasteiger partial charge on any atom is 0.0946 e. The average Bonchev–Trinajstić information content (AvgIpc) is 2.90. The van der Waals surface area contributed by atoms with Crippen molar-refractivity contribution in [3.63, 3.8) is 0 Å². The van der Waals surface area contributed by atoms with Gasteiger partial charge in [-0.25, -0.2) is 4.98 Å². The van der Waals surface area contributed by atoms with Gasteiger partial charge < -0.3 is 14.6 Å². The zero-order valence-electron chi connectivity index (χ0n) is 13.3. The summed E-state index contributed by atoms with van der Waals surface area (Å²) in [6.45, 7) is 11.0. The van der Waals surface area contributed by atoms with Crippen LogP contribution >= 0.6 is 0 Å². The molecule has 1 aromatic rings. The molecule has 0 aliphatic carbocycles. The Labute approximate surface area is 122 Å². The number of imidazole rings is 1. The predicted octanol–water partition coefficient (Wildman–Crippen LogP) is 2.85. The van der Waals surface area contributed by atoms with Crippen LogP contribution in [0.2, 0.25) is 0 Å². The van der Waals surface area contributed by atoms with Crippen molar-refractivity contribution in [3.05, 3.63) is 18.7 Å². The molecule has 1 saturated heterocycles. The molecular weight excluding hydrogens is 250 g/mol. The number of ether oxygens (including phenoxy) is 1. The van der Waals surface area contributed by atoms with Gasteiger partial charge in [0, 0.05) is 37.6 Å². The SMILES string of the molecule is CCC1CC(NC(Cn2ccnc2)C(C)(C)C)CCO1. The molecule has 0 radical (unpaired) electrons. The van der Waals surface area contributed by atoms with Crippen LogP contribution in [0.3, 0.4) is 0 Å². The summed E-state index contributed by atoms with van der Waals surface area (Å²) in [6.07, 6.45) is 9.58. The lowest BCUT2D eigenvalue weighted by atomic mass is 9.85. The number of aromatic nitrogens is 2. The second-order valence-electron chi connectivity index (χ2n) is 6.97. The molecule has 0 amide bonds. The van der Waals surface area contributed by atoms with Crippen molar-refractivity contribution in [2.24, 2.45) is 5.41 Å². The van der Waals surface area contributed by atoms with E-state index in [1.165, 1.54) is 0 Å². The summed E-state index contributed by atoms with van der Waals surface area (Å²) in [5.74, 6) is 0. The highest BCUT2D eigenvalue weighted by atomic mass is 16.5. The Hall–Kier alpha value is -0.870. The average molecular weight is 279 g/mol. The van der Waals surface area contributed by atoms with E-state index in [1.54, 1.807) is 0 Å². The van der Waals surface area contributed by atoms with E-state index in [4.69, 9.17) is 4.74 Å². The topological polar surface area (TPSA) is 39.1 Å². The smallest absolute Gasteiger partial charge is 0.0946 e. The van der Waals surface area contributed by atoms with Crippen molar-refractivity contribution in [3.8, 4) is 0 Å². The standard InChI is InChI=1S/C16H29N3O/c1-5-14-10-13(6-9-20-14)18-15(16(2,3)4)11-19-8-7-17-12-19/h7-8,12-15,18H,5-6,9-11H2,1-4H3. The van der Waals surface area contributed by atoms with Gasteiger partial charge in [-0.1, -0.05) is 27.7 Å². The molecule has 20 heavy (non-hydrogen) atoms. The Morgan fingerprint density at radius 3 is 2.85 bits per heavy atom. The molecule has 3 unspecified atom stereocenters. The van der Waals surface area contributed by atoms with Crippen LogP contribution in [-0.2, 0) is 11.3 Å². The fourth-order valence-electron chi connectivity index (χ4n) is 2.78. The molecule has 1 aliphatic heterocycles. The van der Waals surface area contributed by atoms with E-state index in [-0.39, 0.29) is 5.41 Å². The first-order valence-corrected chi connectivity index (χ1v) is 7.82. The minimum atomic E-state index is 0.226. The van der Waals surface area contributed by atoms with Gasteiger partial charge in [0.1, 0.15) is 0 Å². The fourth-order valence-corrected chi connectivity index (χ4v) is 2.78. The van der Waals surface area contributed by atoms with E-state index in [0.717, 1.165) is 32.4 Å². The zero-order chi connectivity index (χ0) is 14.6. The molecule has 0 aromatic carbocycles. The molecule has 114 valence electrons. The van der Waals surface area contributed by atoms with E-state index < -0.39 is 0 Å². The van der Waals surface area contributed by atoms with Crippen LogP contribution in [0.15, 0.2) is 18.7 Å². The number of nitrogens with one attached hydrogen (secondary N) is 1. The lowest BCUT2D eigenvalue weighted by molar-refractivity contribution is -0.00541. The van der Waals surface area contributed by atoms with Gasteiger partial charge in [-0.05, 0) is 24.7 Å². The highest BCUT2D eigenvalue weighted by Crippen LogP contribution is 2.24. The Balaban J connectivity index is 1.97. The molecule has 1 fully saturated rings. The third-order valence-corrected chi connectivity index (χ3v) is 4.26. The minimum absolute atomic E-state index is 0.226. The van der Waals surface area contributed by atoms with Gasteiger partial charge in [0.2, 0.25) is 0 Å². The van der Waals surface area contributed by atoms with Gasteiger partial charge in [0.05, 0.1) is 12.4 Å². The summed E-state index contributed by atoms with van der Waals surface area (Å²) >= 11 is 0. The lowest BCUT2D eigenvalue weighted by Crippen LogP contribution is -2.50. The molecule has 1 aliphatic rings. The largest absolute Gasteiger partial charge is 0.378 e. The maximum atomic E-state index is 5.78. The van der Waals surface area contributed by atoms with Crippen molar-refractivity contribution in [2.75, 3.05) is 6.61 Å². The highest BCUT2D eigenvalue weighted by Gasteiger charge is 2.29. The van der Waals surface area contributed by atoms with Crippen LogP contribution in [0.25, 0.3) is 0 Å². The van der Waals surface area contributed by atoms with Crippen molar-refractivity contribution >= 4 is 0 Å². The predicted molar refractivity (Wildman–Crippen MR) is 81.7 cm³/mol. The van der Waals surface area contributed by atoms with Crippen LogP contribution in [-0.4, -0.2) is 34.3 Å². The minimum Gasteiger partial charge on any atom is -0.378 e. The maximum absolute atomic E-state index is 5.78. The molecule has 0 saturated carbocycles. The first-order chi connectivity index (χ1) is 9.49. The van der Waals surface area contributed by atoms with E-state index in [1.807, 2.05) is 18.7 Å². The van der Waals surface area contributed by atoms with Crippen molar-refractivity contribution in [2.45, 2.75) is 71.7 Å². The quantitative estimate of drug-likeness (QED) is 0.901. The molecule has 1 N–H and O–H groups in total. The molecule has 3 atom stereocenters. The summed E-state index contributed by atoms with van der Waals surface area (Å²) in [5.41, 5.74) is 0.226. The molecule has 4 nitrogen and oxygen atoms in total. The van der Waals surface area contributed by atoms with E-state index >= 15 is 0 Å². The third kappa shape index (κ3) is 4.32. The number of hydrogen-bond acceptors (Lipinski definition) is 3. The molecule has 4 heteroatoms. The summed E-state index contributed by atoms with van der Waals surface area (Å²) in [7, 11) is 0. The van der Waals surface area contributed by atoms with E-state index in [2.05, 4.69) is 42.6 Å². The highest BCUT2D eigenvalue weighted by molar-refractivity contribution is 4.88. The van der Waals surface area contributed by atoms with Gasteiger partial charge in [-0.3, -0.25) is 0 Å². The first-order valence-electron chi connectivity index (χ1n) is 7.82. The van der Waals surface area contributed by atoms with Crippen LogP contribution < -0.4 is 5.32 Å². The van der Waals surface area contributed by atoms with Gasteiger partial charge in [0.15, 0.2) is 0 Å². The Morgan fingerprint density at radius 2 is 2.25 bits per heavy atom. The van der Waals surface area contributed by atoms with Crippen LogP contribution in [0, 0.1) is 5.41 Å². The van der Waals surface area contributed by atoms with Crippen molar-refractivity contribution < 1.29 is 4.74 Å². The molecule has 2 rings (SSSR count). The first kappa shape index (κ1) is 15.5. The zero-order valence-corrected chi connectivity index (χ0v) is 13.3. The van der Waals surface area contributed by atoms with Gasteiger partial charge in [-0.15, -0.1) is 0 Å². The molecule has 2 heterocycles. The van der Waals surface area contributed by atoms with Crippen molar-refractivity contribution in [1.29, 1.82) is 0 Å². The van der Waals surface area contributed by atoms with E-state index in [0.29, 0.717) is 18.2 Å². The van der Waals surface area contributed by atoms with Gasteiger partial charge in [-0.2, -0.15) is 0 Å². The summed E-state index contributed by atoms with van der Waals surface area (Å²) < 4.78 is 7.94.